The summed E-state index contributed by atoms with van der Waals surface area (Å²) in [4.78, 5) is 12.5. The van der Waals surface area contributed by atoms with Gasteiger partial charge in [-0.25, -0.2) is 0 Å². The van der Waals surface area contributed by atoms with Crippen LogP contribution in [0, 0.1) is 0 Å². The number of nitrogens with zero attached hydrogens (tertiary/aromatic N) is 4. The van der Waals surface area contributed by atoms with Crippen LogP contribution >= 0.6 is 11.8 Å². The molecule has 0 aliphatic rings. The first-order valence-electron chi connectivity index (χ1n) is 8.62. The standard InChI is InChI=1S/C19H20N4O3S/c1-3-25-15-11-9-14(10-12-15)17(24)13-27-19-20-21-22-23(19)16-7-5-6-8-18(16)26-4-2/h5-12H,3-4,13H2,1-2H3. The third kappa shape index (κ3) is 4.65. The molecule has 0 radical (unpaired) electrons. The lowest BCUT2D eigenvalue weighted by Crippen LogP contribution is -2.06. The van der Waals surface area contributed by atoms with Crippen molar-refractivity contribution in [3.63, 3.8) is 0 Å². The van der Waals surface area contributed by atoms with Crippen molar-refractivity contribution in [2.75, 3.05) is 19.0 Å². The lowest BCUT2D eigenvalue weighted by Gasteiger charge is -2.10. The van der Waals surface area contributed by atoms with E-state index >= 15 is 0 Å². The van der Waals surface area contributed by atoms with Gasteiger partial charge in [0, 0.05) is 5.56 Å². The molecule has 3 aromatic rings. The second-order valence-electron chi connectivity index (χ2n) is 5.44. The highest BCUT2D eigenvalue weighted by Crippen LogP contribution is 2.26. The van der Waals surface area contributed by atoms with Crippen molar-refractivity contribution in [2.24, 2.45) is 0 Å². The van der Waals surface area contributed by atoms with Crippen LogP contribution < -0.4 is 9.47 Å². The SMILES string of the molecule is CCOc1ccc(C(=O)CSc2nnnn2-c2ccccc2OCC)cc1. The van der Waals surface area contributed by atoms with Gasteiger partial charge in [0.25, 0.3) is 0 Å². The number of hydrogen-bond donors (Lipinski definition) is 0. The topological polar surface area (TPSA) is 79.1 Å². The van der Waals surface area contributed by atoms with E-state index < -0.39 is 0 Å². The zero-order valence-electron chi connectivity index (χ0n) is 15.2. The van der Waals surface area contributed by atoms with Crippen LogP contribution in [0.3, 0.4) is 0 Å². The second-order valence-corrected chi connectivity index (χ2v) is 6.39. The number of carbonyl (C=O) groups is 1. The number of benzene rings is 2. The summed E-state index contributed by atoms with van der Waals surface area (Å²) in [7, 11) is 0. The first kappa shape index (κ1) is 18.9. The molecule has 2 aromatic carbocycles. The van der Waals surface area contributed by atoms with E-state index in [2.05, 4.69) is 15.5 Å². The Morgan fingerprint density at radius 2 is 1.78 bits per heavy atom. The number of thioether (sulfide) groups is 1. The number of tetrazole rings is 1. The van der Waals surface area contributed by atoms with E-state index in [1.165, 1.54) is 11.8 Å². The van der Waals surface area contributed by atoms with Gasteiger partial charge in [-0.2, -0.15) is 4.68 Å². The van der Waals surface area contributed by atoms with E-state index in [1.807, 2.05) is 38.1 Å². The highest BCUT2D eigenvalue weighted by atomic mass is 32.2. The van der Waals surface area contributed by atoms with Gasteiger partial charge in [-0.1, -0.05) is 23.9 Å². The number of para-hydroxylation sites is 2. The zero-order chi connectivity index (χ0) is 19.1. The maximum absolute atomic E-state index is 12.5. The van der Waals surface area contributed by atoms with Gasteiger partial charge in [-0.05, 0) is 60.7 Å². The Morgan fingerprint density at radius 1 is 1.04 bits per heavy atom. The smallest absolute Gasteiger partial charge is 0.214 e. The van der Waals surface area contributed by atoms with Crippen LogP contribution in [-0.2, 0) is 0 Å². The fourth-order valence-electron chi connectivity index (χ4n) is 2.45. The number of hydrogen-bond acceptors (Lipinski definition) is 7. The minimum atomic E-state index is -0.00399. The monoisotopic (exact) mass is 384 g/mol. The summed E-state index contributed by atoms with van der Waals surface area (Å²) in [5, 5.41) is 12.3. The van der Waals surface area contributed by atoms with Crippen molar-refractivity contribution in [2.45, 2.75) is 19.0 Å². The molecule has 1 aromatic heterocycles. The highest BCUT2D eigenvalue weighted by Gasteiger charge is 2.15. The molecule has 7 nitrogen and oxygen atoms in total. The second kappa shape index (κ2) is 9.18. The number of ketones is 1. The van der Waals surface area contributed by atoms with Crippen LogP contribution in [0.1, 0.15) is 24.2 Å². The third-order valence-electron chi connectivity index (χ3n) is 3.65. The van der Waals surface area contributed by atoms with Crippen molar-refractivity contribution in [1.82, 2.24) is 20.2 Å². The molecule has 1 heterocycles. The summed E-state index contributed by atoms with van der Waals surface area (Å²) in [6, 6.07) is 14.6. The quantitative estimate of drug-likeness (QED) is 0.413. The molecule has 0 aliphatic carbocycles. The van der Waals surface area contributed by atoms with Crippen LogP contribution in [0.2, 0.25) is 0 Å². The molecule has 0 saturated heterocycles. The predicted molar refractivity (Wildman–Crippen MR) is 103 cm³/mol. The van der Waals surface area contributed by atoms with E-state index in [9.17, 15) is 4.79 Å². The average molecular weight is 384 g/mol. The molecule has 0 fully saturated rings. The fourth-order valence-corrected chi connectivity index (χ4v) is 3.23. The van der Waals surface area contributed by atoms with E-state index in [0.29, 0.717) is 29.7 Å². The van der Waals surface area contributed by atoms with Crippen molar-refractivity contribution >= 4 is 17.5 Å². The summed E-state index contributed by atoms with van der Waals surface area (Å²) < 4.78 is 12.6. The lowest BCUT2D eigenvalue weighted by molar-refractivity contribution is 0.102. The fraction of sp³-hybridized carbons (Fsp3) is 0.263. The molecular weight excluding hydrogens is 364 g/mol. The largest absolute Gasteiger partial charge is 0.494 e. The van der Waals surface area contributed by atoms with Crippen molar-refractivity contribution in [3.05, 3.63) is 54.1 Å². The number of ether oxygens (including phenoxy) is 2. The van der Waals surface area contributed by atoms with E-state index in [1.54, 1.807) is 28.9 Å². The van der Waals surface area contributed by atoms with Crippen molar-refractivity contribution in [3.8, 4) is 17.2 Å². The van der Waals surface area contributed by atoms with Crippen molar-refractivity contribution < 1.29 is 14.3 Å². The molecule has 0 saturated carbocycles. The Bertz CT molecular complexity index is 896. The Kier molecular flexibility index (Phi) is 6.43. The highest BCUT2D eigenvalue weighted by molar-refractivity contribution is 7.99. The molecule has 3 rings (SSSR count). The molecule has 27 heavy (non-hydrogen) atoms. The summed E-state index contributed by atoms with van der Waals surface area (Å²) >= 11 is 1.28. The summed E-state index contributed by atoms with van der Waals surface area (Å²) in [6.45, 7) is 4.97. The molecular formula is C19H20N4O3S. The molecule has 0 aliphatic heterocycles. The van der Waals surface area contributed by atoms with Gasteiger partial charge < -0.3 is 9.47 Å². The van der Waals surface area contributed by atoms with E-state index in [-0.39, 0.29) is 11.5 Å². The predicted octanol–water partition coefficient (Wildman–Crippen LogP) is 3.43. The maximum Gasteiger partial charge on any atom is 0.214 e. The summed E-state index contributed by atoms with van der Waals surface area (Å²) in [5.74, 6) is 1.66. The number of Topliss-reactive ketones (excluding diaryl/α,β-unsaturated/α-hetero) is 1. The number of rotatable bonds is 9. The molecule has 140 valence electrons. The Balaban J connectivity index is 1.71. The summed E-state index contributed by atoms with van der Waals surface area (Å²) in [6.07, 6.45) is 0. The minimum Gasteiger partial charge on any atom is -0.494 e. The molecule has 0 amide bonds. The lowest BCUT2D eigenvalue weighted by atomic mass is 10.1. The molecule has 0 N–H and O–H groups in total. The van der Waals surface area contributed by atoms with Crippen molar-refractivity contribution in [1.29, 1.82) is 0 Å². The molecule has 0 unspecified atom stereocenters. The molecule has 8 heteroatoms. The van der Waals surface area contributed by atoms with Crippen LogP contribution in [0.5, 0.6) is 11.5 Å². The Morgan fingerprint density at radius 3 is 2.52 bits per heavy atom. The van der Waals surface area contributed by atoms with E-state index in [4.69, 9.17) is 9.47 Å². The van der Waals surface area contributed by atoms with Gasteiger partial charge in [0.2, 0.25) is 5.16 Å². The first-order valence-corrected chi connectivity index (χ1v) is 9.61. The summed E-state index contributed by atoms with van der Waals surface area (Å²) in [5.41, 5.74) is 1.36. The zero-order valence-corrected chi connectivity index (χ0v) is 16.0. The number of carbonyl (C=O) groups excluding carboxylic acids is 1. The Hall–Kier alpha value is -2.87. The maximum atomic E-state index is 12.5. The van der Waals surface area contributed by atoms with Gasteiger partial charge in [-0.15, -0.1) is 5.10 Å². The van der Waals surface area contributed by atoms with Gasteiger partial charge >= 0.3 is 0 Å². The van der Waals surface area contributed by atoms with Crippen LogP contribution in [0.15, 0.2) is 53.7 Å². The van der Waals surface area contributed by atoms with Crippen LogP contribution in [0.25, 0.3) is 5.69 Å². The van der Waals surface area contributed by atoms with E-state index in [0.717, 1.165) is 11.4 Å². The third-order valence-corrected chi connectivity index (χ3v) is 4.57. The first-order chi connectivity index (χ1) is 13.2. The molecule has 0 atom stereocenters. The normalized spacial score (nSPS) is 10.6. The minimum absolute atomic E-state index is 0.00399. The van der Waals surface area contributed by atoms with Crippen LogP contribution in [0.4, 0.5) is 0 Å². The van der Waals surface area contributed by atoms with Gasteiger partial charge in [0.1, 0.15) is 17.2 Å². The number of aromatic nitrogens is 4. The van der Waals surface area contributed by atoms with Gasteiger partial charge in [0.15, 0.2) is 5.78 Å². The average Bonchev–Trinajstić information content (AvgIpc) is 3.16. The van der Waals surface area contributed by atoms with Gasteiger partial charge in [-0.3, -0.25) is 4.79 Å². The van der Waals surface area contributed by atoms with Gasteiger partial charge in [0.05, 0.1) is 19.0 Å². The molecule has 0 bridgehead atoms. The molecule has 0 spiro atoms. The Labute approximate surface area is 161 Å². The van der Waals surface area contributed by atoms with Crippen LogP contribution in [-0.4, -0.2) is 45.0 Å².